The Morgan fingerprint density at radius 3 is 2.38 bits per heavy atom. The van der Waals surface area contributed by atoms with Crippen molar-refractivity contribution in [2.45, 2.75) is 19.9 Å². The zero-order valence-electron chi connectivity index (χ0n) is 17.2. The first kappa shape index (κ1) is 21.9. The molecule has 0 fully saturated rings. The number of carbonyl (C=O) groups excluding carboxylic acids is 1. The maximum atomic E-state index is 12.5. The smallest absolute Gasteiger partial charge is 0.323 e. The molecule has 0 saturated carbocycles. The van der Waals surface area contributed by atoms with Crippen LogP contribution in [0.1, 0.15) is 27.2 Å². The van der Waals surface area contributed by atoms with E-state index < -0.39 is 5.97 Å². The molecule has 1 amide bonds. The molecular formula is C25H20Cl2N2O3. The lowest BCUT2D eigenvalue weighted by Gasteiger charge is -2.08. The van der Waals surface area contributed by atoms with Gasteiger partial charge < -0.3 is 15.0 Å². The van der Waals surface area contributed by atoms with E-state index in [2.05, 4.69) is 5.32 Å². The predicted molar refractivity (Wildman–Crippen MR) is 128 cm³/mol. The van der Waals surface area contributed by atoms with E-state index in [1.54, 1.807) is 12.1 Å². The second-order valence-corrected chi connectivity index (χ2v) is 8.33. The van der Waals surface area contributed by atoms with Gasteiger partial charge in [0.05, 0.1) is 10.0 Å². The molecule has 0 atom stereocenters. The highest BCUT2D eigenvalue weighted by Gasteiger charge is 2.16. The lowest BCUT2D eigenvalue weighted by atomic mass is 10.0. The van der Waals surface area contributed by atoms with Crippen LogP contribution in [-0.4, -0.2) is 21.6 Å². The van der Waals surface area contributed by atoms with E-state index in [0.29, 0.717) is 27.7 Å². The molecule has 0 aliphatic rings. The number of nitrogens with zero attached hydrogens (tertiary/aromatic N) is 1. The van der Waals surface area contributed by atoms with Crippen molar-refractivity contribution >= 4 is 51.7 Å². The highest BCUT2D eigenvalue weighted by Crippen LogP contribution is 2.28. The second kappa shape index (κ2) is 9.07. The molecule has 7 heteroatoms. The lowest BCUT2D eigenvalue weighted by Crippen LogP contribution is -2.11. The van der Waals surface area contributed by atoms with Crippen molar-refractivity contribution in [3.05, 3.63) is 99.2 Å². The van der Waals surface area contributed by atoms with Gasteiger partial charge in [0.1, 0.15) is 6.54 Å². The summed E-state index contributed by atoms with van der Waals surface area (Å²) in [5.41, 5.74) is 5.08. The summed E-state index contributed by atoms with van der Waals surface area (Å²) in [5.74, 6) is -1.15. The quantitative estimate of drug-likeness (QED) is 0.356. The van der Waals surface area contributed by atoms with Gasteiger partial charge in [-0.25, -0.2) is 0 Å². The summed E-state index contributed by atoms with van der Waals surface area (Å²) in [6.45, 7) is 1.87. The van der Waals surface area contributed by atoms with Crippen LogP contribution in [0, 0.1) is 6.92 Å². The van der Waals surface area contributed by atoms with Crippen molar-refractivity contribution in [2.24, 2.45) is 0 Å². The number of rotatable bonds is 6. The number of hydrogen-bond acceptors (Lipinski definition) is 2. The van der Waals surface area contributed by atoms with E-state index in [4.69, 9.17) is 23.2 Å². The monoisotopic (exact) mass is 466 g/mol. The Hall–Kier alpha value is -3.28. The minimum absolute atomic E-state index is 0.0774. The number of aromatic nitrogens is 1. The standard InChI is InChI=1S/C25H20Cl2N2O3/c1-15-20(19-4-2-3-5-23(19)29(15)14-24(30)31)12-16-6-9-18(10-7-16)28-25(32)17-8-11-21(26)22(27)13-17/h2-11,13H,12,14H2,1H3,(H,28,32)(H,30,31). The topological polar surface area (TPSA) is 71.3 Å². The fourth-order valence-corrected chi connectivity index (χ4v) is 4.11. The molecule has 32 heavy (non-hydrogen) atoms. The van der Waals surface area contributed by atoms with Crippen molar-refractivity contribution in [2.75, 3.05) is 5.32 Å². The predicted octanol–water partition coefficient (Wildman–Crippen LogP) is 6.18. The summed E-state index contributed by atoms with van der Waals surface area (Å²) in [4.78, 5) is 23.8. The van der Waals surface area contributed by atoms with Gasteiger partial charge in [0.15, 0.2) is 0 Å². The summed E-state index contributed by atoms with van der Waals surface area (Å²) in [7, 11) is 0. The average Bonchev–Trinajstić information content (AvgIpc) is 3.02. The van der Waals surface area contributed by atoms with E-state index in [9.17, 15) is 14.7 Å². The molecule has 4 aromatic rings. The molecule has 0 radical (unpaired) electrons. The molecule has 162 valence electrons. The molecule has 0 aliphatic heterocycles. The molecule has 0 saturated heterocycles. The maximum absolute atomic E-state index is 12.5. The molecule has 1 aromatic heterocycles. The number of carbonyl (C=O) groups is 2. The summed E-state index contributed by atoms with van der Waals surface area (Å²) >= 11 is 11.9. The normalized spacial score (nSPS) is 11.0. The van der Waals surface area contributed by atoms with Crippen LogP contribution in [0.3, 0.4) is 0 Å². The number of carboxylic acid groups (broad SMARTS) is 1. The molecule has 0 unspecified atom stereocenters. The van der Waals surface area contributed by atoms with Crippen molar-refractivity contribution in [1.29, 1.82) is 0 Å². The second-order valence-electron chi connectivity index (χ2n) is 7.52. The summed E-state index contributed by atoms with van der Waals surface area (Å²) < 4.78 is 1.83. The summed E-state index contributed by atoms with van der Waals surface area (Å²) in [6, 6.07) is 20.2. The molecule has 5 nitrogen and oxygen atoms in total. The first-order chi connectivity index (χ1) is 15.3. The Balaban J connectivity index is 1.55. The van der Waals surface area contributed by atoms with Gasteiger partial charge in [-0.05, 0) is 60.9 Å². The highest BCUT2D eigenvalue weighted by atomic mass is 35.5. The number of fused-ring (bicyclic) bond motifs is 1. The van der Waals surface area contributed by atoms with Crippen LogP contribution in [0.15, 0.2) is 66.7 Å². The Morgan fingerprint density at radius 1 is 0.969 bits per heavy atom. The molecule has 1 heterocycles. The molecule has 0 aliphatic carbocycles. The van der Waals surface area contributed by atoms with Crippen LogP contribution in [-0.2, 0) is 17.8 Å². The average molecular weight is 467 g/mol. The Kier molecular flexibility index (Phi) is 6.21. The van der Waals surface area contributed by atoms with Gasteiger partial charge in [-0.2, -0.15) is 0 Å². The molecule has 2 N–H and O–H groups in total. The Labute approximate surface area is 195 Å². The summed E-state index contributed by atoms with van der Waals surface area (Å²) in [5, 5.41) is 13.9. The van der Waals surface area contributed by atoms with Crippen LogP contribution in [0.25, 0.3) is 10.9 Å². The van der Waals surface area contributed by atoms with Crippen molar-refractivity contribution in [3.63, 3.8) is 0 Å². The molecular weight excluding hydrogens is 447 g/mol. The third-order valence-electron chi connectivity index (χ3n) is 5.43. The first-order valence-corrected chi connectivity index (χ1v) is 10.7. The number of halogens is 2. The van der Waals surface area contributed by atoms with E-state index in [-0.39, 0.29) is 12.5 Å². The number of para-hydroxylation sites is 1. The van der Waals surface area contributed by atoms with Gasteiger partial charge in [0.2, 0.25) is 0 Å². The van der Waals surface area contributed by atoms with Gasteiger partial charge in [-0.3, -0.25) is 9.59 Å². The van der Waals surface area contributed by atoms with Gasteiger partial charge in [-0.15, -0.1) is 0 Å². The number of carboxylic acids is 1. The van der Waals surface area contributed by atoms with E-state index >= 15 is 0 Å². The van der Waals surface area contributed by atoms with Crippen LogP contribution in [0.5, 0.6) is 0 Å². The van der Waals surface area contributed by atoms with Crippen LogP contribution < -0.4 is 5.32 Å². The molecule has 4 rings (SSSR count). The lowest BCUT2D eigenvalue weighted by molar-refractivity contribution is -0.137. The number of nitrogens with one attached hydrogen (secondary N) is 1. The third-order valence-corrected chi connectivity index (χ3v) is 6.17. The van der Waals surface area contributed by atoms with E-state index in [0.717, 1.165) is 27.7 Å². The number of aliphatic carboxylic acids is 1. The number of anilines is 1. The molecule has 0 bridgehead atoms. The van der Waals surface area contributed by atoms with Crippen molar-refractivity contribution in [1.82, 2.24) is 4.57 Å². The summed E-state index contributed by atoms with van der Waals surface area (Å²) in [6.07, 6.45) is 0.653. The Bertz CT molecular complexity index is 1330. The number of benzene rings is 3. The zero-order chi connectivity index (χ0) is 22.8. The van der Waals surface area contributed by atoms with Gasteiger partial charge in [0, 0.05) is 27.8 Å². The van der Waals surface area contributed by atoms with Crippen LogP contribution in [0.2, 0.25) is 10.0 Å². The van der Waals surface area contributed by atoms with E-state index in [1.165, 1.54) is 6.07 Å². The zero-order valence-corrected chi connectivity index (χ0v) is 18.7. The van der Waals surface area contributed by atoms with Gasteiger partial charge in [0.25, 0.3) is 5.91 Å². The van der Waals surface area contributed by atoms with Gasteiger partial charge >= 0.3 is 5.97 Å². The first-order valence-electron chi connectivity index (χ1n) is 9.97. The van der Waals surface area contributed by atoms with Gasteiger partial charge in [-0.1, -0.05) is 53.5 Å². The van der Waals surface area contributed by atoms with Crippen LogP contribution in [0.4, 0.5) is 5.69 Å². The molecule has 0 spiro atoms. The largest absolute Gasteiger partial charge is 0.480 e. The fourth-order valence-electron chi connectivity index (χ4n) is 3.82. The molecule has 3 aromatic carbocycles. The highest BCUT2D eigenvalue weighted by molar-refractivity contribution is 6.42. The van der Waals surface area contributed by atoms with Crippen molar-refractivity contribution < 1.29 is 14.7 Å². The maximum Gasteiger partial charge on any atom is 0.323 e. The fraction of sp³-hybridized carbons (Fsp3) is 0.120. The van der Waals surface area contributed by atoms with Crippen molar-refractivity contribution in [3.8, 4) is 0 Å². The minimum Gasteiger partial charge on any atom is -0.480 e. The third kappa shape index (κ3) is 4.49. The number of hydrogen-bond donors (Lipinski definition) is 2. The van der Waals surface area contributed by atoms with E-state index in [1.807, 2.05) is 60.0 Å². The SMILES string of the molecule is Cc1c(Cc2ccc(NC(=O)c3ccc(Cl)c(Cl)c3)cc2)c2ccccc2n1CC(=O)O. The van der Waals surface area contributed by atoms with Crippen LogP contribution >= 0.6 is 23.2 Å². The number of amides is 1. The minimum atomic E-state index is -0.873. The Morgan fingerprint density at radius 2 is 1.69 bits per heavy atom.